The number of nitrogens with zero attached hydrogens (tertiary/aromatic N) is 2. The Kier molecular flexibility index (Phi) is 6.00. The second kappa shape index (κ2) is 8.10. The number of hydrogen-bond acceptors (Lipinski definition) is 2. The summed E-state index contributed by atoms with van der Waals surface area (Å²) >= 11 is 3.78. The van der Waals surface area contributed by atoms with Gasteiger partial charge in [0.1, 0.15) is 0 Å². The summed E-state index contributed by atoms with van der Waals surface area (Å²) in [6, 6.07) is 15.9. The lowest BCUT2D eigenvalue weighted by Gasteiger charge is -2.32. The topological polar surface area (TPSA) is 6.48 Å². The molecule has 0 aromatic heterocycles. The van der Waals surface area contributed by atoms with Crippen molar-refractivity contribution in [2.45, 2.75) is 45.6 Å². The fraction of sp³-hybridized carbons (Fsp3) is 0.417. The monoisotopic (exact) mass is 426 g/mol. The second-order valence-electron chi connectivity index (χ2n) is 7.58. The van der Waals surface area contributed by atoms with Crippen LogP contribution in [0.3, 0.4) is 0 Å². The van der Waals surface area contributed by atoms with Gasteiger partial charge in [-0.05, 0) is 49.6 Å². The van der Waals surface area contributed by atoms with Gasteiger partial charge in [-0.15, -0.1) is 0 Å². The molecule has 2 unspecified atom stereocenters. The van der Waals surface area contributed by atoms with Gasteiger partial charge in [-0.25, -0.2) is 0 Å². The molecule has 0 amide bonds. The van der Waals surface area contributed by atoms with Gasteiger partial charge in [-0.2, -0.15) is 0 Å². The summed E-state index contributed by atoms with van der Waals surface area (Å²) in [6.07, 6.45) is 5.77. The summed E-state index contributed by atoms with van der Waals surface area (Å²) in [5.41, 5.74) is 5.45. The van der Waals surface area contributed by atoms with E-state index in [-0.39, 0.29) is 5.41 Å². The molecule has 2 aromatic rings. The van der Waals surface area contributed by atoms with E-state index in [1.807, 2.05) is 0 Å². The molecule has 0 fully saturated rings. The summed E-state index contributed by atoms with van der Waals surface area (Å²) < 4.78 is 1.15. The van der Waals surface area contributed by atoms with Crippen molar-refractivity contribution < 1.29 is 0 Å². The zero-order chi connectivity index (χ0) is 19.6. The van der Waals surface area contributed by atoms with Gasteiger partial charge in [0.15, 0.2) is 0 Å². The highest BCUT2D eigenvalue weighted by molar-refractivity contribution is 9.10. The van der Waals surface area contributed by atoms with Crippen LogP contribution in [0.15, 0.2) is 53.0 Å². The Morgan fingerprint density at radius 3 is 2.44 bits per heavy atom. The standard InChI is InChI=1S/C24H31BrN2/c1-6-24(4)20-11-9-10-12-22(20)26(5)23(24)16-14-18-13-15-19(17-21(18)25)27(7-2)8-3/h9-17,23H,6-8H2,1-5H3/b16-14+. The van der Waals surface area contributed by atoms with E-state index in [4.69, 9.17) is 0 Å². The van der Waals surface area contributed by atoms with Crippen molar-refractivity contribution in [1.82, 2.24) is 0 Å². The predicted molar refractivity (Wildman–Crippen MR) is 123 cm³/mol. The lowest BCUT2D eigenvalue weighted by molar-refractivity contribution is 0.428. The first-order chi connectivity index (χ1) is 13.0. The Hall–Kier alpha value is -1.74. The zero-order valence-electron chi connectivity index (χ0n) is 17.2. The minimum atomic E-state index is 0.134. The molecule has 2 atom stereocenters. The van der Waals surface area contributed by atoms with Crippen LogP contribution in [0.2, 0.25) is 0 Å². The first-order valence-electron chi connectivity index (χ1n) is 10.0. The first kappa shape index (κ1) is 20.0. The molecule has 2 nitrogen and oxygen atoms in total. The van der Waals surface area contributed by atoms with E-state index in [1.54, 1.807) is 0 Å². The van der Waals surface area contributed by atoms with E-state index < -0.39 is 0 Å². The fourth-order valence-electron chi connectivity index (χ4n) is 4.37. The van der Waals surface area contributed by atoms with E-state index in [2.05, 4.69) is 115 Å². The minimum Gasteiger partial charge on any atom is -0.372 e. The summed E-state index contributed by atoms with van der Waals surface area (Å²) in [6.45, 7) is 11.1. The summed E-state index contributed by atoms with van der Waals surface area (Å²) in [5.74, 6) is 0. The maximum Gasteiger partial charge on any atom is 0.0567 e. The molecule has 1 aliphatic heterocycles. The molecule has 0 N–H and O–H groups in total. The molecule has 27 heavy (non-hydrogen) atoms. The third-order valence-corrected chi connectivity index (χ3v) is 6.96. The van der Waals surface area contributed by atoms with Crippen molar-refractivity contribution in [1.29, 1.82) is 0 Å². The summed E-state index contributed by atoms with van der Waals surface area (Å²) in [4.78, 5) is 4.79. The number of likely N-dealkylation sites (N-methyl/N-ethyl adjacent to an activating group) is 1. The van der Waals surface area contributed by atoms with Crippen molar-refractivity contribution in [3.05, 3.63) is 64.1 Å². The van der Waals surface area contributed by atoms with Crippen molar-refractivity contribution >= 4 is 33.4 Å². The average Bonchev–Trinajstić information content (AvgIpc) is 2.90. The van der Waals surface area contributed by atoms with Crippen molar-refractivity contribution in [2.75, 3.05) is 29.9 Å². The molecular weight excluding hydrogens is 396 g/mol. The van der Waals surface area contributed by atoms with Crippen molar-refractivity contribution in [3.63, 3.8) is 0 Å². The van der Waals surface area contributed by atoms with E-state index >= 15 is 0 Å². The van der Waals surface area contributed by atoms with Crippen molar-refractivity contribution in [2.24, 2.45) is 0 Å². The minimum absolute atomic E-state index is 0.134. The van der Waals surface area contributed by atoms with E-state index in [9.17, 15) is 0 Å². The van der Waals surface area contributed by atoms with Crippen LogP contribution >= 0.6 is 15.9 Å². The second-order valence-corrected chi connectivity index (χ2v) is 8.44. The van der Waals surface area contributed by atoms with Crippen LogP contribution in [0.25, 0.3) is 6.08 Å². The maximum absolute atomic E-state index is 3.78. The van der Waals surface area contributed by atoms with Crippen LogP contribution in [0.4, 0.5) is 11.4 Å². The number of anilines is 2. The van der Waals surface area contributed by atoms with Crippen LogP contribution in [0.1, 0.15) is 45.2 Å². The fourth-order valence-corrected chi connectivity index (χ4v) is 4.87. The van der Waals surface area contributed by atoms with E-state index in [1.165, 1.54) is 22.5 Å². The van der Waals surface area contributed by atoms with Crippen LogP contribution in [-0.2, 0) is 5.41 Å². The molecule has 0 radical (unpaired) electrons. The Balaban J connectivity index is 1.90. The van der Waals surface area contributed by atoms with Gasteiger partial charge in [0, 0.05) is 41.4 Å². The van der Waals surface area contributed by atoms with E-state index in [0.29, 0.717) is 6.04 Å². The first-order valence-corrected chi connectivity index (χ1v) is 10.8. The Bertz CT molecular complexity index is 825. The molecule has 1 heterocycles. The Morgan fingerprint density at radius 1 is 1.11 bits per heavy atom. The molecule has 0 bridgehead atoms. The molecular formula is C24H31BrN2. The highest BCUT2D eigenvalue weighted by Crippen LogP contribution is 2.47. The molecule has 0 spiro atoms. The van der Waals surface area contributed by atoms with E-state index in [0.717, 1.165) is 24.0 Å². The molecule has 3 rings (SSSR count). The molecule has 144 valence electrons. The van der Waals surface area contributed by atoms with Gasteiger partial charge in [-0.1, -0.05) is 66.2 Å². The number of hydrogen-bond donors (Lipinski definition) is 0. The molecule has 1 aliphatic rings. The Labute approximate surface area is 173 Å². The Morgan fingerprint density at radius 2 is 1.81 bits per heavy atom. The predicted octanol–water partition coefficient (Wildman–Crippen LogP) is 6.49. The molecule has 3 heteroatoms. The van der Waals surface area contributed by atoms with Gasteiger partial charge in [0.25, 0.3) is 0 Å². The lowest BCUT2D eigenvalue weighted by atomic mass is 9.76. The van der Waals surface area contributed by atoms with Crippen LogP contribution in [0.5, 0.6) is 0 Å². The third kappa shape index (κ3) is 3.54. The molecule has 0 saturated carbocycles. The lowest BCUT2D eigenvalue weighted by Crippen LogP contribution is -2.39. The average molecular weight is 427 g/mol. The van der Waals surface area contributed by atoms with Gasteiger partial charge >= 0.3 is 0 Å². The highest BCUT2D eigenvalue weighted by Gasteiger charge is 2.43. The van der Waals surface area contributed by atoms with Gasteiger partial charge in [0.05, 0.1) is 6.04 Å². The van der Waals surface area contributed by atoms with Crippen LogP contribution in [0, 0.1) is 0 Å². The quantitative estimate of drug-likeness (QED) is 0.520. The molecule has 0 saturated heterocycles. The van der Waals surface area contributed by atoms with Gasteiger partial charge in [-0.3, -0.25) is 0 Å². The number of para-hydroxylation sites is 1. The van der Waals surface area contributed by atoms with Gasteiger partial charge in [0.2, 0.25) is 0 Å². The SMILES string of the molecule is CCN(CC)c1ccc(/C=C/C2N(C)c3ccccc3C2(C)CC)c(Br)c1. The number of fused-ring (bicyclic) bond motifs is 1. The number of benzene rings is 2. The van der Waals surface area contributed by atoms with Crippen LogP contribution in [-0.4, -0.2) is 26.2 Å². The third-order valence-electron chi connectivity index (χ3n) is 6.27. The van der Waals surface area contributed by atoms with Crippen LogP contribution < -0.4 is 9.80 Å². The molecule has 0 aliphatic carbocycles. The summed E-state index contributed by atoms with van der Waals surface area (Å²) in [7, 11) is 2.22. The smallest absolute Gasteiger partial charge is 0.0567 e. The summed E-state index contributed by atoms with van der Waals surface area (Å²) in [5, 5.41) is 0. The maximum atomic E-state index is 3.78. The highest BCUT2D eigenvalue weighted by atomic mass is 79.9. The normalized spacial score (nSPS) is 21.7. The number of halogens is 1. The molecule has 2 aromatic carbocycles. The largest absolute Gasteiger partial charge is 0.372 e. The zero-order valence-corrected chi connectivity index (χ0v) is 18.8. The van der Waals surface area contributed by atoms with Gasteiger partial charge < -0.3 is 9.80 Å². The van der Waals surface area contributed by atoms with Crippen molar-refractivity contribution in [3.8, 4) is 0 Å². The number of rotatable bonds is 6.